The number of ether oxygens (including phenoxy) is 1. The van der Waals surface area contributed by atoms with Crippen LogP contribution in [0.5, 0.6) is 5.75 Å². The third-order valence-corrected chi connectivity index (χ3v) is 5.95. The van der Waals surface area contributed by atoms with E-state index in [2.05, 4.69) is 20.9 Å². The molecule has 0 fully saturated rings. The molecule has 156 valence electrons. The molecular formula is C24H22ClN5O. The Balaban J connectivity index is 1.36. The molecule has 0 atom stereocenters. The fourth-order valence-corrected chi connectivity index (χ4v) is 4.14. The molecule has 0 amide bonds. The van der Waals surface area contributed by atoms with Crippen molar-refractivity contribution in [2.45, 2.75) is 19.5 Å². The van der Waals surface area contributed by atoms with Crippen LogP contribution in [0.3, 0.4) is 0 Å². The quantitative estimate of drug-likeness (QED) is 0.379. The van der Waals surface area contributed by atoms with Crippen molar-refractivity contribution < 1.29 is 4.74 Å². The van der Waals surface area contributed by atoms with E-state index < -0.39 is 0 Å². The van der Waals surface area contributed by atoms with Gasteiger partial charge in [0.25, 0.3) is 0 Å². The van der Waals surface area contributed by atoms with E-state index in [-0.39, 0.29) is 0 Å². The van der Waals surface area contributed by atoms with Gasteiger partial charge in [-0.2, -0.15) is 0 Å². The van der Waals surface area contributed by atoms with E-state index in [1.54, 1.807) is 7.11 Å². The first-order chi connectivity index (χ1) is 15.1. The number of hydrogen-bond acceptors (Lipinski definition) is 6. The van der Waals surface area contributed by atoms with Crippen LogP contribution in [0, 0.1) is 0 Å². The van der Waals surface area contributed by atoms with Gasteiger partial charge in [0.15, 0.2) is 5.82 Å². The Morgan fingerprint density at radius 1 is 1.10 bits per heavy atom. The molecule has 0 saturated carbocycles. The summed E-state index contributed by atoms with van der Waals surface area (Å²) in [5, 5.41) is 1.56. The van der Waals surface area contributed by atoms with Gasteiger partial charge in [-0.25, -0.2) is 15.0 Å². The SMILES string of the molecule is COc1ccc2nc(Cl)c(CN3CCc4nc(-c5ccc(N)cc5)ncc4C3)cc2c1. The predicted octanol–water partition coefficient (Wildman–Crippen LogP) is 4.49. The highest BCUT2D eigenvalue weighted by atomic mass is 35.5. The summed E-state index contributed by atoms with van der Waals surface area (Å²) in [4.78, 5) is 16.3. The number of halogens is 1. The van der Waals surface area contributed by atoms with Crippen molar-refractivity contribution in [2.24, 2.45) is 0 Å². The van der Waals surface area contributed by atoms with Crippen LogP contribution in [0.1, 0.15) is 16.8 Å². The summed E-state index contributed by atoms with van der Waals surface area (Å²) in [7, 11) is 1.66. The van der Waals surface area contributed by atoms with Gasteiger partial charge in [0, 0.05) is 60.0 Å². The van der Waals surface area contributed by atoms with Gasteiger partial charge >= 0.3 is 0 Å². The molecule has 0 spiro atoms. The normalized spacial score (nSPS) is 13.9. The number of nitrogen functional groups attached to an aromatic ring is 1. The molecule has 6 nitrogen and oxygen atoms in total. The minimum atomic E-state index is 0.540. The van der Waals surface area contributed by atoms with Crippen LogP contribution in [-0.4, -0.2) is 33.5 Å². The van der Waals surface area contributed by atoms with Crippen molar-refractivity contribution in [3.8, 4) is 17.1 Å². The number of pyridine rings is 1. The van der Waals surface area contributed by atoms with Crippen LogP contribution in [0.2, 0.25) is 5.15 Å². The number of nitrogens with zero attached hydrogens (tertiary/aromatic N) is 4. The molecule has 1 aliphatic heterocycles. The summed E-state index contributed by atoms with van der Waals surface area (Å²) < 4.78 is 5.34. The standard InChI is InChI=1S/C24H22ClN5O/c1-31-20-6-7-21-16(11-20)10-17(23(25)28-21)13-30-9-8-22-18(14-30)12-27-24(29-22)15-2-4-19(26)5-3-15/h2-7,10-12H,8-9,13-14,26H2,1H3. The molecule has 7 heteroatoms. The number of rotatable bonds is 4. The number of aromatic nitrogens is 3. The number of nitrogens with two attached hydrogens (primary N) is 1. The van der Waals surface area contributed by atoms with Crippen molar-refractivity contribution in [1.82, 2.24) is 19.9 Å². The monoisotopic (exact) mass is 431 g/mol. The summed E-state index contributed by atoms with van der Waals surface area (Å²) in [6, 6.07) is 15.6. The lowest BCUT2D eigenvalue weighted by molar-refractivity contribution is 0.243. The van der Waals surface area contributed by atoms with Gasteiger partial charge in [-0.05, 0) is 48.5 Å². The van der Waals surface area contributed by atoms with Gasteiger partial charge in [0.1, 0.15) is 10.9 Å². The molecule has 3 heterocycles. The fraction of sp³-hybridized carbons (Fsp3) is 0.208. The van der Waals surface area contributed by atoms with E-state index in [9.17, 15) is 0 Å². The Morgan fingerprint density at radius 2 is 1.94 bits per heavy atom. The molecule has 0 radical (unpaired) electrons. The third-order valence-electron chi connectivity index (χ3n) is 5.62. The lowest BCUT2D eigenvalue weighted by atomic mass is 10.1. The number of fused-ring (bicyclic) bond motifs is 2. The average Bonchev–Trinajstić information content (AvgIpc) is 2.79. The van der Waals surface area contributed by atoms with Crippen LogP contribution in [-0.2, 0) is 19.5 Å². The first-order valence-corrected chi connectivity index (χ1v) is 10.5. The molecule has 0 aliphatic carbocycles. The number of hydrogen-bond donors (Lipinski definition) is 1. The maximum Gasteiger partial charge on any atom is 0.159 e. The van der Waals surface area contributed by atoms with Crippen molar-refractivity contribution in [1.29, 1.82) is 0 Å². The smallest absolute Gasteiger partial charge is 0.159 e. The van der Waals surface area contributed by atoms with Gasteiger partial charge in [-0.15, -0.1) is 0 Å². The summed E-state index contributed by atoms with van der Waals surface area (Å²) in [5.74, 6) is 1.55. The van der Waals surface area contributed by atoms with E-state index >= 15 is 0 Å². The first kappa shape index (κ1) is 19.7. The Labute approximate surface area is 185 Å². The second kappa shape index (κ2) is 8.13. The van der Waals surface area contributed by atoms with E-state index in [1.807, 2.05) is 48.7 Å². The zero-order chi connectivity index (χ0) is 21.4. The highest BCUT2D eigenvalue weighted by Gasteiger charge is 2.20. The van der Waals surface area contributed by atoms with Gasteiger partial charge in [-0.3, -0.25) is 4.90 Å². The van der Waals surface area contributed by atoms with Crippen molar-refractivity contribution in [3.63, 3.8) is 0 Å². The largest absolute Gasteiger partial charge is 0.497 e. The highest BCUT2D eigenvalue weighted by Crippen LogP contribution is 2.27. The molecule has 4 aromatic rings. The second-order valence-electron chi connectivity index (χ2n) is 7.75. The topological polar surface area (TPSA) is 77.2 Å². The maximum atomic E-state index is 6.49. The molecule has 2 N–H and O–H groups in total. The summed E-state index contributed by atoms with van der Waals surface area (Å²) in [6.45, 7) is 2.40. The molecule has 1 aliphatic rings. The molecular weight excluding hydrogens is 410 g/mol. The van der Waals surface area contributed by atoms with E-state index in [0.717, 1.165) is 76.6 Å². The Bertz CT molecular complexity index is 1260. The van der Waals surface area contributed by atoms with Gasteiger partial charge < -0.3 is 10.5 Å². The Hall–Kier alpha value is -3.22. The Kier molecular flexibility index (Phi) is 5.18. The zero-order valence-electron chi connectivity index (χ0n) is 17.2. The summed E-state index contributed by atoms with van der Waals surface area (Å²) >= 11 is 6.49. The van der Waals surface area contributed by atoms with Crippen LogP contribution < -0.4 is 10.5 Å². The van der Waals surface area contributed by atoms with E-state index in [0.29, 0.717) is 5.15 Å². The highest BCUT2D eigenvalue weighted by molar-refractivity contribution is 6.30. The first-order valence-electron chi connectivity index (χ1n) is 10.2. The zero-order valence-corrected chi connectivity index (χ0v) is 17.9. The number of methoxy groups -OCH3 is 1. The molecule has 31 heavy (non-hydrogen) atoms. The van der Waals surface area contributed by atoms with Crippen LogP contribution in [0.15, 0.2) is 54.7 Å². The lowest BCUT2D eigenvalue weighted by Crippen LogP contribution is -2.31. The lowest BCUT2D eigenvalue weighted by Gasteiger charge is -2.28. The predicted molar refractivity (Wildman–Crippen MR) is 123 cm³/mol. The minimum absolute atomic E-state index is 0.540. The van der Waals surface area contributed by atoms with Crippen LogP contribution >= 0.6 is 11.6 Å². The Morgan fingerprint density at radius 3 is 2.74 bits per heavy atom. The molecule has 2 aromatic carbocycles. The van der Waals surface area contributed by atoms with Crippen molar-refractivity contribution >= 4 is 28.2 Å². The molecule has 2 aromatic heterocycles. The molecule has 0 saturated heterocycles. The molecule has 5 rings (SSSR count). The fourth-order valence-electron chi connectivity index (χ4n) is 3.93. The van der Waals surface area contributed by atoms with Gasteiger partial charge in [0.2, 0.25) is 0 Å². The third kappa shape index (κ3) is 4.04. The van der Waals surface area contributed by atoms with Crippen molar-refractivity contribution in [3.05, 3.63) is 76.7 Å². The van der Waals surface area contributed by atoms with Gasteiger partial charge in [-0.1, -0.05) is 11.6 Å². The molecule has 0 bridgehead atoms. The maximum absolute atomic E-state index is 6.49. The van der Waals surface area contributed by atoms with Crippen LogP contribution in [0.25, 0.3) is 22.3 Å². The molecule has 0 unspecified atom stereocenters. The summed E-state index contributed by atoms with van der Waals surface area (Å²) in [6.07, 6.45) is 2.80. The number of anilines is 1. The second-order valence-corrected chi connectivity index (χ2v) is 8.10. The van der Waals surface area contributed by atoms with Crippen LogP contribution in [0.4, 0.5) is 5.69 Å². The average molecular weight is 432 g/mol. The van der Waals surface area contributed by atoms with Crippen molar-refractivity contribution in [2.75, 3.05) is 19.4 Å². The summed E-state index contributed by atoms with van der Waals surface area (Å²) in [5.41, 5.74) is 11.6. The van der Waals surface area contributed by atoms with E-state index in [4.69, 9.17) is 27.1 Å². The number of benzene rings is 2. The van der Waals surface area contributed by atoms with Gasteiger partial charge in [0.05, 0.1) is 18.3 Å². The van der Waals surface area contributed by atoms with E-state index in [1.165, 1.54) is 0 Å². The minimum Gasteiger partial charge on any atom is -0.497 e.